The number of nitrogens with zero attached hydrogens (tertiary/aromatic N) is 3. The highest BCUT2D eigenvalue weighted by Gasteiger charge is 2.39. The minimum absolute atomic E-state index is 0.0595. The summed E-state index contributed by atoms with van der Waals surface area (Å²) in [7, 11) is 1.47. The third-order valence-electron chi connectivity index (χ3n) is 5.53. The molecule has 1 aliphatic heterocycles. The van der Waals surface area contributed by atoms with Crippen LogP contribution in [0.2, 0.25) is 0 Å². The van der Waals surface area contributed by atoms with E-state index in [0.29, 0.717) is 42.7 Å². The molecule has 172 valence electrons. The summed E-state index contributed by atoms with van der Waals surface area (Å²) in [6.45, 7) is 2.99. The van der Waals surface area contributed by atoms with Crippen LogP contribution in [0.4, 0.5) is 0 Å². The van der Waals surface area contributed by atoms with Gasteiger partial charge in [0.15, 0.2) is 5.82 Å². The number of hydrogen-bond acceptors (Lipinski definition) is 6. The molecule has 33 heavy (non-hydrogen) atoms. The van der Waals surface area contributed by atoms with Crippen molar-refractivity contribution in [2.45, 2.75) is 18.9 Å². The van der Waals surface area contributed by atoms with Crippen LogP contribution < -0.4 is 10.1 Å². The van der Waals surface area contributed by atoms with Gasteiger partial charge in [0, 0.05) is 25.8 Å². The van der Waals surface area contributed by atoms with Crippen LogP contribution in [0.15, 0.2) is 54.6 Å². The van der Waals surface area contributed by atoms with Crippen LogP contribution in [0.5, 0.6) is 5.75 Å². The second kappa shape index (κ2) is 10.3. The van der Waals surface area contributed by atoms with Crippen molar-refractivity contribution in [2.75, 3.05) is 33.4 Å². The lowest BCUT2D eigenvalue weighted by Crippen LogP contribution is -2.42. The van der Waals surface area contributed by atoms with E-state index in [1.807, 2.05) is 49.4 Å². The first-order chi connectivity index (χ1) is 16.1. The number of para-hydroxylation sites is 1. The molecule has 1 saturated heterocycles. The predicted molar refractivity (Wildman–Crippen MR) is 122 cm³/mol. The van der Waals surface area contributed by atoms with Gasteiger partial charge in [-0.1, -0.05) is 42.5 Å². The Labute approximate surface area is 192 Å². The Morgan fingerprint density at radius 3 is 2.64 bits per heavy atom. The summed E-state index contributed by atoms with van der Waals surface area (Å²) in [6, 6.07) is 16.5. The molecule has 0 spiro atoms. The van der Waals surface area contributed by atoms with Gasteiger partial charge in [0.25, 0.3) is 5.91 Å². The molecule has 2 atom stereocenters. The van der Waals surface area contributed by atoms with E-state index in [4.69, 9.17) is 9.47 Å². The van der Waals surface area contributed by atoms with Crippen LogP contribution in [-0.4, -0.2) is 71.4 Å². The molecule has 2 unspecified atom stereocenters. The van der Waals surface area contributed by atoms with Crippen molar-refractivity contribution in [3.63, 3.8) is 0 Å². The van der Waals surface area contributed by atoms with Crippen molar-refractivity contribution >= 4 is 11.8 Å². The number of ether oxygens (including phenoxy) is 2. The van der Waals surface area contributed by atoms with Gasteiger partial charge >= 0.3 is 0 Å². The number of carbonyl (C=O) groups is 2. The summed E-state index contributed by atoms with van der Waals surface area (Å²) < 4.78 is 10.6. The minimum atomic E-state index is -0.340. The first-order valence-corrected chi connectivity index (χ1v) is 10.9. The molecular formula is C24H27N5O4. The number of H-pyrrole nitrogens is 1. The zero-order valence-electron chi connectivity index (χ0n) is 18.7. The molecular weight excluding hydrogens is 422 g/mol. The summed E-state index contributed by atoms with van der Waals surface area (Å²) in [4.78, 5) is 32.0. The average molecular weight is 450 g/mol. The predicted octanol–water partition coefficient (Wildman–Crippen LogP) is 2.24. The molecule has 1 fully saturated rings. The maximum Gasteiger partial charge on any atom is 0.257 e. The Bertz CT molecular complexity index is 1100. The van der Waals surface area contributed by atoms with Crippen molar-refractivity contribution < 1.29 is 19.1 Å². The first kappa shape index (κ1) is 22.5. The lowest BCUT2D eigenvalue weighted by atomic mass is 10.0. The monoisotopic (exact) mass is 449 g/mol. The zero-order valence-corrected chi connectivity index (χ0v) is 18.7. The first-order valence-electron chi connectivity index (χ1n) is 10.9. The molecule has 3 aromatic rings. The Hall–Kier alpha value is -3.72. The average Bonchev–Trinajstić information content (AvgIpc) is 3.47. The van der Waals surface area contributed by atoms with Crippen molar-refractivity contribution in [3.8, 4) is 17.1 Å². The molecule has 2 heterocycles. The second-order valence-electron chi connectivity index (χ2n) is 7.76. The third-order valence-corrected chi connectivity index (χ3v) is 5.53. The number of benzene rings is 2. The molecule has 1 aromatic heterocycles. The van der Waals surface area contributed by atoms with Crippen LogP contribution in [0.3, 0.4) is 0 Å². The van der Waals surface area contributed by atoms with Gasteiger partial charge in [0.1, 0.15) is 18.2 Å². The SMILES string of the molecule is CCOc1ccccc1C(=O)N1CC(NC(=O)COC)C(c2nc(-c3ccccc3)n[nH]2)C1. The number of likely N-dealkylation sites (tertiary alicyclic amines) is 1. The Morgan fingerprint density at radius 1 is 1.12 bits per heavy atom. The fourth-order valence-corrected chi connectivity index (χ4v) is 4.02. The number of aromatic nitrogens is 3. The fourth-order valence-electron chi connectivity index (χ4n) is 4.02. The lowest BCUT2D eigenvalue weighted by molar-refractivity contribution is -0.125. The van der Waals surface area contributed by atoms with E-state index in [1.54, 1.807) is 17.0 Å². The maximum absolute atomic E-state index is 13.4. The molecule has 9 nitrogen and oxygen atoms in total. The normalized spacial score (nSPS) is 17.7. The standard InChI is InChI=1S/C24H27N5O4/c1-3-33-20-12-8-7-11-17(20)24(31)29-13-18(19(14-29)25-21(30)15-32-2)23-26-22(27-28-23)16-9-5-4-6-10-16/h4-12,18-19H,3,13-15H2,1-2H3,(H,25,30)(H,26,27,28). The molecule has 0 radical (unpaired) electrons. The molecule has 2 aromatic carbocycles. The number of rotatable bonds is 8. The molecule has 2 N–H and O–H groups in total. The van der Waals surface area contributed by atoms with Gasteiger partial charge < -0.3 is 19.7 Å². The van der Waals surface area contributed by atoms with Gasteiger partial charge in [0.05, 0.1) is 24.1 Å². The Balaban J connectivity index is 1.59. The molecule has 0 bridgehead atoms. The summed E-state index contributed by atoms with van der Waals surface area (Å²) in [5, 5.41) is 10.3. The van der Waals surface area contributed by atoms with Gasteiger partial charge in [-0.15, -0.1) is 0 Å². The van der Waals surface area contributed by atoms with Crippen molar-refractivity contribution in [2.24, 2.45) is 0 Å². The number of hydrogen-bond donors (Lipinski definition) is 2. The summed E-state index contributed by atoms with van der Waals surface area (Å²) in [6.07, 6.45) is 0. The van der Waals surface area contributed by atoms with Gasteiger partial charge in [-0.05, 0) is 19.1 Å². The number of aromatic amines is 1. The van der Waals surface area contributed by atoms with Crippen molar-refractivity contribution in [1.82, 2.24) is 25.4 Å². The molecule has 1 aliphatic rings. The molecule has 9 heteroatoms. The van der Waals surface area contributed by atoms with E-state index in [1.165, 1.54) is 7.11 Å². The van der Waals surface area contributed by atoms with Crippen LogP contribution in [-0.2, 0) is 9.53 Å². The van der Waals surface area contributed by atoms with Gasteiger partial charge in [-0.2, -0.15) is 5.10 Å². The number of amides is 2. The van der Waals surface area contributed by atoms with Gasteiger partial charge in [-0.3, -0.25) is 14.7 Å². The van der Waals surface area contributed by atoms with Crippen LogP contribution in [0, 0.1) is 0 Å². The lowest BCUT2D eigenvalue weighted by Gasteiger charge is -2.18. The van der Waals surface area contributed by atoms with E-state index in [9.17, 15) is 9.59 Å². The van der Waals surface area contributed by atoms with E-state index in [-0.39, 0.29) is 30.4 Å². The highest BCUT2D eigenvalue weighted by molar-refractivity contribution is 5.97. The zero-order chi connectivity index (χ0) is 23.2. The summed E-state index contributed by atoms with van der Waals surface area (Å²) >= 11 is 0. The topological polar surface area (TPSA) is 109 Å². The van der Waals surface area contributed by atoms with Gasteiger partial charge in [0.2, 0.25) is 5.91 Å². The van der Waals surface area contributed by atoms with Crippen LogP contribution in [0.25, 0.3) is 11.4 Å². The second-order valence-corrected chi connectivity index (χ2v) is 7.76. The summed E-state index contributed by atoms with van der Waals surface area (Å²) in [5.74, 6) is 1.07. The number of methoxy groups -OCH3 is 1. The number of nitrogens with one attached hydrogen (secondary N) is 2. The maximum atomic E-state index is 13.4. The van der Waals surface area contributed by atoms with Crippen molar-refractivity contribution in [1.29, 1.82) is 0 Å². The van der Waals surface area contributed by atoms with Crippen LogP contribution >= 0.6 is 0 Å². The molecule has 4 rings (SSSR count). The Morgan fingerprint density at radius 2 is 1.88 bits per heavy atom. The highest BCUT2D eigenvalue weighted by atomic mass is 16.5. The molecule has 0 saturated carbocycles. The fraction of sp³-hybridized carbons (Fsp3) is 0.333. The molecule has 0 aliphatic carbocycles. The minimum Gasteiger partial charge on any atom is -0.493 e. The highest BCUT2D eigenvalue weighted by Crippen LogP contribution is 2.30. The van der Waals surface area contributed by atoms with E-state index >= 15 is 0 Å². The van der Waals surface area contributed by atoms with Crippen LogP contribution in [0.1, 0.15) is 29.0 Å². The van der Waals surface area contributed by atoms with E-state index in [2.05, 4.69) is 20.5 Å². The Kier molecular flexibility index (Phi) is 6.99. The van der Waals surface area contributed by atoms with Gasteiger partial charge in [-0.25, -0.2) is 4.98 Å². The number of carbonyl (C=O) groups excluding carboxylic acids is 2. The van der Waals surface area contributed by atoms with E-state index < -0.39 is 0 Å². The van der Waals surface area contributed by atoms with Crippen molar-refractivity contribution in [3.05, 3.63) is 66.0 Å². The quantitative estimate of drug-likeness (QED) is 0.546. The smallest absolute Gasteiger partial charge is 0.257 e. The molecule has 2 amide bonds. The van der Waals surface area contributed by atoms with E-state index in [0.717, 1.165) is 5.56 Å². The third kappa shape index (κ3) is 5.04. The summed E-state index contributed by atoms with van der Waals surface area (Å²) in [5.41, 5.74) is 1.38. The largest absolute Gasteiger partial charge is 0.493 e.